The third-order valence-electron chi connectivity index (χ3n) is 3.39. The molecule has 0 aromatic heterocycles. The van der Waals surface area contributed by atoms with Crippen LogP contribution in [0.5, 0.6) is 0 Å². The number of carbonyl (C=O) groups is 1. The zero-order valence-electron chi connectivity index (χ0n) is 12.3. The second kappa shape index (κ2) is 6.63. The summed E-state index contributed by atoms with van der Waals surface area (Å²) in [4.78, 5) is 14.9. The van der Waals surface area contributed by atoms with Gasteiger partial charge in [-0.2, -0.15) is 0 Å². The molecular weight excluding hydrogens is 288 g/mol. The molecule has 3 aromatic rings. The fraction of sp³-hybridized carbons (Fsp3) is 0.0500. The molecule has 0 heterocycles. The van der Waals surface area contributed by atoms with Gasteiger partial charge in [0, 0.05) is 20.9 Å². The zero-order valence-corrected chi connectivity index (χ0v) is 13.1. The van der Waals surface area contributed by atoms with E-state index < -0.39 is 0 Å². The third kappa shape index (κ3) is 3.29. The molecule has 0 amide bonds. The van der Waals surface area contributed by atoms with Gasteiger partial charge in [0.2, 0.25) is 0 Å². The topological polar surface area (TPSA) is 17.1 Å². The monoisotopic (exact) mass is 304 g/mol. The number of hydrogen-bond donors (Lipinski definition) is 0. The van der Waals surface area contributed by atoms with Crippen LogP contribution >= 0.6 is 11.8 Å². The molecule has 0 unspecified atom stereocenters. The summed E-state index contributed by atoms with van der Waals surface area (Å²) in [5.74, 6) is 0.0720. The SMILES string of the molecule is Cc1ccc(Sc2ccccc2)c(C(=O)c2ccccc2)c1. The Kier molecular flexibility index (Phi) is 4.40. The van der Waals surface area contributed by atoms with Gasteiger partial charge >= 0.3 is 0 Å². The molecule has 0 N–H and O–H groups in total. The van der Waals surface area contributed by atoms with Gasteiger partial charge in [0.15, 0.2) is 5.78 Å². The molecular formula is C20H16OS. The lowest BCUT2D eigenvalue weighted by Crippen LogP contribution is -2.03. The highest BCUT2D eigenvalue weighted by Gasteiger charge is 2.14. The van der Waals surface area contributed by atoms with Crippen LogP contribution in [0.25, 0.3) is 0 Å². The first kappa shape index (κ1) is 14.6. The number of benzene rings is 3. The minimum Gasteiger partial charge on any atom is -0.289 e. The smallest absolute Gasteiger partial charge is 0.194 e. The van der Waals surface area contributed by atoms with Gasteiger partial charge in [-0.25, -0.2) is 0 Å². The average Bonchev–Trinajstić information content (AvgIpc) is 2.57. The highest BCUT2D eigenvalue weighted by Crippen LogP contribution is 2.32. The second-order valence-electron chi connectivity index (χ2n) is 5.11. The van der Waals surface area contributed by atoms with Crippen LogP contribution in [-0.2, 0) is 0 Å². The van der Waals surface area contributed by atoms with E-state index in [0.29, 0.717) is 0 Å². The molecule has 1 nitrogen and oxygen atoms in total. The molecule has 0 spiro atoms. The fourth-order valence-corrected chi connectivity index (χ4v) is 3.22. The van der Waals surface area contributed by atoms with E-state index in [9.17, 15) is 4.79 Å². The Morgan fingerprint density at radius 2 is 1.45 bits per heavy atom. The Hall–Kier alpha value is -2.32. The Morgan fingerprint density at radius 3 is 2.14 bits per heavy atom. The van der Waals surface area contributed by atoms with Gasteiger partial charge in [0.05, 0.1) is 0 Å². The summed E-state index contributed by atoms with van der Waals surface area (Å²) in [7, 11) is 0. The van der Waals surface area contributed by atoms with Crippen molar-refractivity contribution in [2.24, 2.45) is 0 Å². The summed E-state index contributed by atoms with van der Waals surface area (Å²) in [5.41, 5.74) is 2.58. The van der Waals surface area contributed by atoms with E-state index in [1.807, 2.05) is 73.7 Å². The molecule has 0 saturated heterocycles. The van der Waals surface area contributed by atoms with Crippen LogP contribution in [-0.4, -0.2) is 5.78 Å². The van der Waals surface area contributed by atoms with Crippen LogP contribution in [0.4, 0.5) is 0 Å². The molecule has 0 saturated carbocycles. The van der Waals surface area contributed by atoms with Crippen LogP contribution in [0.3, 0.4) is 0 Å². The first-order valence-corrected chi connectivity index (χ1v) is 7.99. The lowest BCUT2D eigenvalue weighted by molar-refractivity contribution is 0.103. The number of carbonyl (C=O) groups excluding carboxylic acids is 1. The quantitative estimate of drug-likeness (QED) is 0.602. The molecule has 3 rings (SSSR count). The summed E-state index contributed by atoms with van der Waals surface area (Å²) in [6.07, 6.45) is 0. The van der Waals surface area contributed by atoms with Crippen molar-refractivity contribution in [1.29, 1.82) is 0 Å². The van der Waals surface area contributed by atoms with Crippen LogP contribution in [0.2, 0.25) is 0 Å². The van der Waals surface area contributed by atoms with Crippen molar-refractivity contribution in [3.05, 3.63) is 95.6 Å². The van der Waals surface area contributed by atoms with Crippen LogP contribution in [0.1, 0.15) is 21.5 Å². The maximum Gasteiger partial charge on any atom is 0.194 e. The average molecular weight is 304 g/mol. The van der Waals surface area contributed by atoms with Crippen molar-refractivity contribution in [2.75, 3.05) is 0 Å². The Morgan fingerprint density at radius 1 is 0.818 bits per heavy atom. The van der Waals surface area contributed by atoms with Gasteiger partial charge in [-0.15, -0.1) is 0 Å². The van der Waals surface area contributed by atoms with Crippen molar-refractivity contribution >= 4 is 17.5 Å². The summed E-state index contributed by atoms with van der Waals surface area (Å²) < 4.78 is 0. The highest BCUT2D eigenvalue weighted by molar-refractivity contribution is 7.99. The van der Waals surface area contributed by atoms with Crippen LogP contribution < -0.4 is 0 Å². The molecule has 22 heavy (non-hydrogen) atoms. The first-order valence-electron chi connectivity index (χ1n) is 7.17. The largest absolute Gasteiger partial charge is 0.289 e. The Bertz CT molecular complexity index is 779. The number of hydrogen-bond acceptors (Lipinski definition) is 2. The summed E-state index contributed by atoms with van der Waals surface area (Å²) in [6, 6.07) is 25.6. The third-order valence-corrected chi connectivity index (χ3v) is 4.47. The van der Waals surface area contributed by atoms with E-state index in [4.69, 9.17) is 0 Å². The molecule has 0 radical (unpaired) electrons. The van der Waals surface area contributed by atoms with Gasteiger partial charge in [-0.3, -0.25) is 4.79 Å². The summed E-state index contributed by atoms with van der Waals surface area (Å²) >= 11 is 1.63. The standard InChI is InChI=1S/C20H16OS/c1-15-12-13-19(22-17-10-6-3-7-11-17)18(14-15)20(21)16-8-4-2-5-9-16/h2-14H,1H3. The highest BCUT2D eigenvalue weighted by atomic mass is 32.2. The molecule has 0 bridgehead atoms. The lowest BCUT2D eigenvalue weighted by atomic mass is 10.0. The second-order valence-corrected chi connectivity index (χ2v) is 6.23. The maximum atomic E-state index is 12.8. The number of ketones is 1. The molecule has 2 heteroatoms. The summed E-state index contributed by atoms with van der Waals surface area (Å²) in [6.45, 7) is 2.01. The van der Waals surface area contributed by atoms with Crippen molar-refractivity contribution in [2.45, 2.75) is 16.7 Å². The van der Waals surface area contributed by atoms with Gasteiger partial charge < -0.3 is 0 Å². The van der Waals surface area contributed by atoms with Crippen molar-refractivity contribution in [3.63, 3.8) is 0 Å². The van der Waals surface area contributed by atoms with Gasteiger partial charge in [0.1, 0.15) is 0 Å². The van der Waals surface area contributed by atoms with E-state index in [1.165, 1.54) is 0 Å². The molecule has 0 atom stereocenters. The van der Waals surface area contributed by atoms with Crippen LogP contribution in [0, 0.1) is 6.92 Å². The van der Waals surface area contributed by atoms with E-state index in [-0.39, 0.29) is 5.78 Å². The lowest BCUT2D eigenvalue weighted by Gasteiger charge is -2.10. The normalized spacial score (nSPS) is 10.4. The predicted molar refractivity (Wildman–Crippen MR) is 91.6 cm³/mol. The molecule has 0 fully saturated rings. The van der Waals surface area contributed by atoms with Crippen LogP contribution in [0.15, 0.2) is 88.7 Å². The fourth-order valence-electron chi connectivity index (χ4n) is 2.27. The Labute approximate surface area is 135 Å². The predicted octanol–water partition coefficient (Wildman–Crippen LogP) is 5.38. The van der Waals surface area contributed by atoms with E-state index >= 15 is 0 Å². The Balaban J connectivity index is 2.00. The minimum absolute atomic E-state index is 0.0720. The zero-order chi connectivity index (χ0) is 15.4. The molecule has 0 aliphatic heterocycles. The van der Waals surface area contributed by atoms with E-state index in [0.717, 1.165) is 26.5 Å². The first-order chi connectivity index (χ1) is 10.7. The van der Waals surface area contributed by atoms with Gasteiger partial charge in [-0.1, -0.05) is 71.9 Å². The molecule has 0 aliphatic carbocycles. The van der Waals surface area contributed by atoms with E-state index in [2.05, 4.69) is 12.1 Å². The molecule has 108 valence electrons. The van der Waals surface area contributed by atoms with Crippen molar-refractivity contribution < 1.29 is 4.79 Å². The van der Waals surface area contributed by atoms with Crippen molar-refractivity contribution in [3.8, 4) is 0 Å². The van der Waals surface area contributed by atoms with Crippen molar-refractivity contribution in [1.82, 2.24) is 0 Å². The minimum atomic E-state index is 0.0720. The molecule has 3 aromatic carbocycles. The number of aryl methyl sites for hydroxylation is 1. The van der Waals surface area contributed by atoms with Gasteiger partial charge in [-0.05, 0) is 31.2 Å². The number of rotatable bonds is 4. The van der Waals surface area contributed by atoms with E-state index in [1.54, 1.807) is 11.8 Å². The summed E-state index contributed by atoms with van der Waals surface area (Å²) in [5, 5.41) is 0. The maximum absolute atomic E-state index is 12.8. The molecule has 0 aliphatic rings. The van der Waals surface area contributed by atoms with Gasteiger partial charge in [0.25, 0.3) is 0 Å².